The molecule has 3 heteroatoms. The van der Waals surface area contributed by atoms with Crippen LogP contribution in [0.5, 0.6) is 0 Å². The van der Waals surface area contributed by atoms with E-state index >= 15 is 0 Å². The van der Waals surface area contributed by atoms with E-state index in [0.717, 1.165) is 5.02 Å². The number of rotatable bonds is 3. The Kier molecular flexibility index (Phi) is 3.87. The first-order valence-corrected chi connectivity index (χ1v) is 6.87. The lowest BCUT2D eigenvalue weighted by Crippen LogP contribution is -2.06. The molecule has 90 valence electrons. The summed E-state index contributed by atoms with van der Waals surface area (Å²) < 4.78 is 0. The zero-order chi connectivity index (χ0) is 12.4. The van der Waals surface area contributed by atoms with Gasteiger partial charge in [0.1, 0.15) is 0 Å². The van der Waals surface area contributed by atoms with Gasteiger partial charge in [-0.2, -0.15) is 0 Å². The first-order chi connectivity index (χ1) is 8.11. The van der Waals surface area contributed by atoms with E-state index in [2.05, 4.69) is 32.0 Å². The smallest absolute Gasteiger partial charge is 0.0409 e. The van der Waals surface area contributed by atoms with Crippen molar-refractivity contribution in [3.05, 3.63) is 45.8 Å². The summed E-state index contributed by atoms with van der Waals surface area (Å²) in [5, 5.41) is 0.790. The standard InChI is InChI=1S/C14H16ClNS/c1-9-7-11(15)3-4-12(9)14-6-5-13(17-14)10(2)8-16/h3-7,10H,8,16H2,1-2H3. The van der Waals surface area contributed by atoms with Crippen molar-refractivity contribution in [2.45, 2.75) is 19.8 Å². The van der Waals surface area contributed by atoms with Crippen LogP contribution in [0, 0.1) is 6.92 Å². The maximum atomic E-state index is 5.97. The Balaban J connectivity index is 2.37. The summed E-state index contributed by atoms with van der Waals surface area (Å²) in [7, 11) is 0. The van der Waals surface area contributed by atoms with Gasteiger partial charge in [0.25, 0.3) is 0 Å². The molecule has 1 unspecified atom stereocenters. The van der Waals surface area contributed by atoms with E-state index in [1.54, 1.807) is 0 Å². The van der Waals surface area contributed by atoms with Crippen molar-refractivity contribution in [1.29, 1.82) is 0 Å². The molecule has 0 saturated carbocycles. The fourth-order valence-electron chi connectivity index (χ4n) is 1.78. The third kappa shape index (κ3) is 2.71. The number of hydrogen-bond acceptors (Lipinski definition) is 2. The van der Waals surface area contributed by atoms with E-state index in [4.69, 9.17) is 17.3 Å². The van der Waals surface area contributed by atoms with Gasteiger partial charge in [-0.3, -0.25) is 0 Å². The van der Waals surface area contributed by atoms with E-state index in [9.17, 15) is 0 Å². The highest BCUT2D eigenvalue weighted by atomic mass is 35.5. The fourth-order valence-corrected chi connectivity index (χ4v) is 3.17. The molecule has 1 aromatic carbocycles. The quantitative estimate of drug-likeness (QED) is 0.872. The maximum Gasteiger partial charge on any atom is 0.0409 e. The molecule has 1 aromatic heterocycles. The normalized spacial score (nSPS) is 12.7. The van der Waals surface area contributed by atoms with E-state index in [1.165, 1.54) is 20.9 Å². The molecule has 0 saturated heterocycles. The molecular formula is C14H16ClNS. The third-order valence-electron chi connectivity index (χ3n) is 2.92. The molecule has 17 heavy (non-hydrogen) atoms. The number of nitrogens with two attached hydrogens (primary N) is 1. The Labute approximate surface area is 111 Å². The molecule has 2 aromatic rings. The van der Waals surface area contributed by atoms with E-state index < -0.39 is 0 Å². The van der Waals surface area contributed by atoms with E-state index in [1.807, 2.05) is 23.5 Å². The second-order valence-corrected chi connectivity index (χ2v) is 5.85. The van der Waals surface area contributed by atoms with Crippen LogP contribution in [-0.4, -0.2) is 6.54 Å². The minimum atomic E-state index is 0.432. The molecule has 0 bridgehead atoms. The molecule has 0 fully saturated rings. The summed E-state index contributed by atoms with van der Waals surface area (Å²) in [5.41, 5.74) is 8.16. The minimum Gasteiger partial charge on any atom is -0.330 e. The van der Waals surface area contributed by atoms with Crippen molar-refractivity contribution in [3.63, 3.8) is 0 Å². The molecular weight excluding hydrogens is 250 g/mol. The summed E-state index contributed by atoms with van der Waals surface area (Å²) in [6, 6.07) is 10.4. The Hall–Kier alpha value is -0.830. The van der Waals surface area contributed by atoms with Crippen molar-refractivity contribution >= 4 is 22.9 Å². The van der Waals surface area contributed by atoms with Gasteiger partial charge in [0.15, 0.2) is 0 Å². The minimum absolute atomic E-state index is 0.432. The van der Waals surface area contributed by atoms with E-state index in [-0.39, 0.29) is 0 Å². The monoisotopic (exact) mass is 265 g/mol. The highest BCUT2D eigenvalue weighted by Gasteiger charge is 2.09. The van der Waals surface area contributed by atoms with Crippen LogP contribution >= 0.6 is 22.9 Å². The highest BCUT2D eigenvalue weighted by Crippen LogP contribution is 2.34. The second kappa shape index (κ2) is 5.21. The molecule has 0 spiro atoms. The molecule has 0 aliphatic carbocycles. The average molecular weight is 266 g/mol. The lowest BCUT2D eigenvalue weighted by atomic mass is 10.1. The van der Waals surface area contributed by atoms with Crippen molar-refractivity contribution in [3.8, 4) is 10.4 Å². The van der Waals surface area contributed by atoms with Crippen molar-refractivity contribution in [2.24, 2.45) is 5.73 Å². The van der Waals surface area contributed by atoms with Gasteiger partial charge in [-0.05, 0) is 48.9 Å². The van der Waals surface area contributed by atoms with Crippen LogP contribution in [0.3, 0.4) is 0 Å². The summed E-state index contributed by atoms with van der Waals surface area (Å²) in [6.07, 6.45) is 0. The van der Waals surface area contributed by atoms with Gasteiger partial charge in [0.2, 0.25) is 0 Å². The molecule has 1 atom stereocenters. The SMILES string of the molecule is Cc1cc(Cl)ccc1-c1ccc(C(C)CN)s1. The summed E-state index contributed by atoms with van der Waals surface area (Å²) in [4.78, 5) is 2.63. The van der Waals surface area contributed by atoms with Gasteiger partial charge in [-0.15, -0.1) is 11.3 Å². The predicted octanol–water partition coefficient (Wildman–Crippen LogP) is 4.44. The second-order valence-electron chi connectivity index (χ2n) is 4.30. The number of halogens is 1. The zero-order valence-corrected chi connectivity index (χ0v) is 11.6. The van der Waals surface area contributed by atoms with Gasteiger partial charge >= 0.3 is 0 Å². The first kappa shape index (κ1) is 12.6. The van der Waals surface area contributed by atoms with Crippen molar-refractivity contribution in [1.82, 2.24) is 0 Å². The molecule has 1 heterocycles. The lowest BCUT2D eigenvalue weighted by molar-refractivity contribution is 0.790. The molecule has 0 amide bonds. The van der Waals surface area contributed by atoms with Gasteiger partial charge in [-0.25, -0.2) is 0 Å². The molecule has 0 radical (unpaired) electrons. The highest BCUT2D eigenvalue weighted by molar-refractivity contribution is 7.15. The largest absolute Gasteiger partial charge is 0.330 e. The van der Waals surface area contributed by atoms with Gasteiger partial charge < -0.3 is 5.73 Å². The van der Waals surface area contributed by atoms with E-state index in [0.29, 0.717) is 12.5 Å². The summed E-state index contributed by atoms with van der Waals surface area (Å²) in [5.74, 6) is 0.432. The lowest BCUT2D eigenvalue weighted by Gasteiger charge is -2.05. The molecule has 0 aliphatic rings. The van der Waals surface area contributed by atoms with Crippen LogP contribution in [0.2, 0.25) is 5.02 Å². The topological polar surface area (TPSA) is 26.0 Å². The van der Waals surface area contributed by atoms with Crippen LogP contribution in [0.1, 0.15) is 23.3 Å². The van der Waals surface area contributed by atoms with Gasteiger partial charge in [0, 0.05) is 20.7 Å². The molecule has 1 nitrogen and oxygen atoms in total. The predicted molar refractivity (Wildman–Crippen MR) is 77.0 cm³/mol. The number of benzene rings is 1. The van der Waals surface area contributed by atoms with Gasteiger partial charge in [-0.1, -0.05) is 24.6 Å². The van der Waals surface area contributed by atoms with Crippen LogP contribution in [0.25, 0.3) is 10.4 Å². The van der Waals surface area contributed by atoms with Crippen LogP contribution in [0.15, 0.2) is 30.3 Å². The Morgan fingerprint density at radius 1 is 1.29 bits per heavy atom. The number of thiophene rings is 1. The number of aryl methyl sites for hydroxylation is 1. The van der Waals surface area contributed by atoms with Gasteiger partial charge in [0.05, 0.1) is 0 Å². The Bertz CT molecular complexity index is 519. The van der Waals surface area contributed by atoms with Crippen molar-refractivity contribution < 1.29 is 0 Å². The zero-order valence-electron chi connectivity index (χ0n) is 10.0. The van der Waals surface area contributed by atoms with Crippen LogP contribution in [0.4, 0.5) is 0 Å². The summed E-state index contributed by atoms with van der Waals surface area (Å²) >= 11 is 7.78. The molecule has 2 rings (SSSR count). The Morgan fingerprint density at radius 3 is 2.71 bits per heavy atom. The Morgan fingerprint density at radius 2 is 2.06 bits per heavy atom. The average Bonchev–Trinajstić information content (AvgIpc) is 2.77. The van der Waals surface area contributed by atoms with Crippen LogP contribution in [-0.2, 0) is 0 Å². The maximum absolute atomic E-state index is 5.97. The molecule has 2 N–H and O–H groups in total. The van der Waals surface area contributed by atoms with Crippen LogP contribution < -0.4 is 5.73 Å². The molecule has 0 aliphatic heterocycles. The fraction of sp³-hybridized carbons (Fsp3) is 0.286. The summed E-state index contributed by atoms with van der Waals surface area (Å²) in [6.45, 7) is 4.94. The third-order valence-corrected chi connectivity index (χ3v) is 4.51. The number of hydrogen-bond donors (Lipinski definition) is 1. The van der Waals surface area contributed by atoms with Crippen molar-refractivity contribution in [2.75, 3.05) is 6.54 Å². The first-order valence-electron chi connectivity index (χ1n) is 5.68.